The summed E-state index contributed by atoms with van der Waals surface area (Å²) in [4.78, 5) is 17.1. The number of allylic oxidation sites excluding steroid dienone is 1. The second-order valence-electron chi connectivity index (χ2n) is 5.08. The van der Waals surface area contributed by atoms with E-state index in [1.54, 1.807) is 0 Å². The van der Waals surface area contributed by atoms with Crippen molar-refractivity contribution in [1.82, 2.24) is 14.7 Å². The molecule has 0 aromatic carbocycles. The molecule has 2 heterocycles. The molecule has 2 aromatic rings. The van der Waals surface area contributed by atoms with Gasteiger partial charge in [-0.05, 0) is 11.4 Å². The second kappa shape index (κ2) is 8.78. The first-order valence-electron chi connectivity index (χ1n) is 7.40. The van der Waals surface area contributed by atoms with Crippen molar-refractivity contribution < 1.29 is 44.6 Å². The fraction of sp³-hybridized carbons (Fsp3) is 0.214. The highest BCUT2D eigenvalue weighted by molar-refractivity contribution is 7.90. The van der Waals surface area contributed by atoms with Crippen molar-refractivity contribution in [1.29, 1.82) is 0 Å². The SMILES string of the molecule is COc1cc(OC)nc(NC(=O)NS(=O)(=O)c2ccsc2C(F)=C(F)C(F)(F)F)n1. The van der Waals surface area contributed by atoms with Gasteiger partial charge >= 0.3 is 12.2 Å². The Morgan fingerprint density at radius 3 is 2.20 bits per heavy atom. The van der Waals surface area contributed by atoms with Crippen molar-refractivity contribution in [3.8, 4) is 11.8 Å². The summed E-state index contributed by atoms with van der Waals surface area (Å²) in [6, 6.07) is 0.509. The molecule has 0 unspecified atom stereocenters. The largest absolute Gasteiger partial charge is 0.481 e. The van der Waals surface area contributed by atoms with Gasteiger partial charge in [-0.15, -0.1) is 11.3 Å². The number of sulfonamides is 1. The first-order chi connectivity index (χ1) is 13.9. The summed E-state index contributed by atoms with van der Waals surface area (Å²) in [5.41, 5.74) is 0. The molecule has 0 aliphatic carbocycles. The highest BCUT2D eigenvalue weighted by Gasteiger charge is 2.40. The van der Waals surface area contributed by atoms with Gasteiger partial charge in [-0.3, -0.25) is 5.32 Å². The van der Waals surface area contributed by atoms with Crippen LogP contribution in [0.25, 0.3) is 5.83 Å². The number of aromatic nitrogens is 2. The Kier molecular flexibility index (Phi) is 6.81. The lowest BCUT2D eigenvalue weighted by Crippen LogP contribution is -2.35. The maximum absolute atomic E-state index is 13.9. The molecule has 164 valence electrons. The lowest BCUT2D eigenvalue weighted by atomic mass is 10.3. The van der Waals surface area contributed by atoms with E-state index in [1.165, 1.54) is 25.0 Å². The van der Waals surface area contributed by atoms with Crippen molar-refractivity contribution in [2.24, 2.45) is 0 Å². The molecule has 2 rings (SSSR count). The number of alkyl halides is 3. The molecular weight excluding hydrogens is 463 g/mol. The summed E-state index contributed by atoms with van der Waals surface area (Å²) < 4.78 is 99.8. The molecule has 0 bridgehead atoms. The topological polar surface area (TPSA) is 120 Å². The van der Waals surface area contributed by atoms with Crippen LogP contribution < -0.4 is 19.5 Å². The molecule has 16 heteroatoms. The summed E-state index contributed by atoms with van der Waals surface area (Å²) in [6.45, 7) is 0. The van der Waals surface area contributed by atoms with Crippen molar-refractivity contribution in [3.05, 3.63) is 28.2 Å². The summed E-state index contributed by atoms with van der Waals surface area (Å²) in [5, 5.41) is 2.84. The van der Waals surface area contributed by atoms with Crippen molar-refractivity contribution >= 4 is 39.2 Å². The van der Waals surface area contributed by atoms with Gasteiger partial charge in [0.05, 0.1) is 25.2 Å². The number of hydrogen-bond donors (Lipinski definition) is 2. The van der Waals surface area contributed by atoms with Crippen LogP contribution in [0, 0.1) is 0 Å². The number of carbonyl (C=O) groups is 1. The quantitative estimate of drug-likeness (QED) is 0.617. The van der Waals surface area contributed by atoms with Gasteiger partial charge in [0.25, 0.3) is 10.0 Å². The zero-order chi connectivity index (χ0) is 22.7. The van der Waals surface area contributed by atoms with Gasteiger partial charge in [0.15, 0.2) is 5.83 Å². The smallest absolute Gasteiger partial charge is 0.445 e. The van der Waals surface area contributed by atoms with Crippen molar-refractivity contribution in [3.63, 3.8) is 0 Å². The molecule has 2 aromatic heterocycles. The van der Waals surface area contributed by atoms with Gasteiger partial charge < -0.3 is 9.47 Å². The molecule has 0 aliphatic rings. The standard InChI is InChI=1S/C14H11F5N4O5S2/c1-27-7-5-8(28-2)21-12(20-7)22-13(24)23-30(25,26)6-3-4-29-10(6)9(15)11(16)14(17,18)19/h3-5H,1-2H3,(H2,20,21,22,23,24). The normalized spacial score (nSPS) is 12.8. The Balaban J connectivity index is 2.29. The predicted octanol–water partition coefficient (Wildman–Crippen LogP) is 3.24. The van der Waals surface area contributed by atoms with Crippen molar-refractivity contribution in [2.45, 2.75) is 11.1 Å². The van der Waals surface area contributed by atoms with Gasteiger partial charge in [0, 0.05) is 0 Å². The van der Waals surface area contributed by atoms with Crippen LogP contribution >= 0.6 is 11.3 Å². The fourth-order valence-electron chi connectivity index (χ4n) is 1.87. The zero-order valence-corrected chi connectivity index (χ0v) is 16.5. The van der Waals surface area contributed by atoms with Crippen LogP contribution in [-0.4, -0.2) is 44.8 Å². The van der Waals surface area contributed by atoms with Crippen LogP contribution in [0.4, 0.5) is 32.7 Å². The highest BCUT2D eigenvalue weighted by atomic mass is 32.2. The number of rotatable bonds is 6. The number of methoxy groups -OCH3 is 2. The predicted molar refractivity (Wildman–Crippen MR) is 94.0 cm³/mol. The number of carbonyl (C=O) groups excluding carboxylic acids is 1. The lowest BCUT2D eigenvalue weighted by molar-refractivity contribution is -0.108. The van der Waals surface area contributed by atoms with Gasteiger partial charge in [0.1, 0.15) is 4.90 Å². The van der Waals surface area contributed by atoms with Crippen molar-refractivity contribution in [2.75, 3.05) is 19.5 Å². The van der Waals surface area contributed by atoms with Crippen LogP contribution in [0.3, 0.4) is 0 Å². The van der Waals surface area contributed by atoms with E-state index in [0.29, 0.717) is 6.07 Å². The maximum atomic E-state index is 13.9. The number of anilines is 1. The first-order valence-corrected chi connectivity index (χ1v) is 9.76. The summed E-state index contributed by atoms with van der Waals surface area (Å²) in [5.74, 6) is -6.08. The molecule has 0 aliphatic heterocycles. The molecule has 30 heavy (non-hydrogen) atoms. The minimum absolute atomic E-state index is 0.0463. The van der Waals surface area contributed by atoms with Crippen LogP contribution in [-0.2, 0) is 10.0 Å². The van der Waals surface area contributed by atoms with Gasteiger partial charge in [-0.2, -0.15) is 27.5 Å². The first kappa shape index (κ1) is 23.3. The Morgan fingerprint density at radius 2 is 1.70 bits per heavy atom. The van der Waals surface area contributed by atoms with E-state index < -0.39 is 49.6 Å². The number of hydrogen-bond acceptors (Lipinski definition) is 8. The highest BCUT2D eigenvalue weighted by Crippen LogP contribution is 2.38. The third kappa shape index (κ3) is 5.32. The molecule has 2 N–H and O–H groups in total. The third-order valence-electron chi connectivity index (χ3n) is 3.11. The van der Waals surface area contributed by atoms with Gasteiger partial charge in [0.2, 0.25) is 23.5 Å². The molecule has 0 radical (unpaired) electrons. The Morgan fingerprint density at radius 1 is 1.13 bits per heavy atom. The summed E-state index contributed by atoms with van der Waals surface area (Å²) in [6.07, 6.45) is -5.66. The number of amides is 2. The van der Waals surface area contributed by atoms with Gasteiger partial charge in [-0.25, -0.2) is 22.3 Å². The Bertz CT molecular complexity index is 1060. The van der Waals surface area contributed by atoms with E-state index in [-0.39, 0.29) is 23.1 Å². The number of ether oxygens (including phenoxy) is 2. The van der Waals surface area contributed by atoms with Crippen LogP contribution in [0.2, 0.25) is 0 Å². The number of nitrogens with zero attached hydrogens (tertiary/aromatic N) is 2. The third-order valence-corrected chi connectivity index (χ3v) is 5.52. The molecular formula is C14H11F5N4O5S2. The zero-order valence-electron chi connectivity index (χ0n) is 14.9. The van der Waals surface area contributed by atoms with Crippen LogP contribution in [0.15, 0.2) is 28.2 Å². The molecule has 0 saturated heterocycles. The van der Waals surface area contributed by atoms with E-state index in [2.05, 4.69) is 9.97 Å². The molecule has 0 atom stereocenters. The molecule has 0 saturated carbocycles. The number of halogens is 5. The molecule has 0 spiro atoms. The number of thiophene rings is 1. The Labute approximate surface area is 169 Å². The summed E-state index contributed by atoms with van der Waals surface area (Å²) in [7, 11) is -2.41. The van der Waals surface area contributed by atoms with Crippen LogP contribution in [0.1, 0.15) is 4.88 Å². The maximum Gasteiger partial charge on any atom is 0.445 e. The number of nitrogens with one attached hydrogen (secondary N) is 2. The van der Waals surface area contributed by atoms with Crippen LogP contribution in [0.5, 0.6) is 11.8 Å². The van der Waals surface area contributed by atoms with E-state index in [4.69, 9.17) is 9.47 Å². The minimum Gasteiger partial charge on any atom is -0.481 e. The number of urea groups is 1. The fourth-order valence-corrected chi connectivity index (χ4v) is 4.13. The van der Waals surface area contributed by atoms with E-state index >= 15 is 0 Å². The average molecular weight is 474 g/mol. The lowest BCUT2D eigenvalue weighted by Gasteiger charge is -2.10. The second-order valence-corrected chi connectivity index (χ2v) is 7.64. The monoisotopic (exact) mass is 474 g/mol. The van der Waals surface area contributed by atoms with E-state index in [0.717, 1.165) is 5.38 Å². The molecule has 2 amide bonds. The molecule has 9 nitrogen and oxygen atoms in total. The molecule has 0 fully saturated rings. The van der Waals surface area contributed by atoms with E-state index in [9.17, 15) is 35.2 Å². The summed E-state index contributed by atoms with van der Waals surface area (Å²) >= 11 is 0.188. The average Bonchev–Trinajstić information content (AvgIpc) is 3.16. The van der Waals surface area contributed by atoms with E-state index in [1.807, 2.05) is 5.32 Å². The van der Waals surface area contributed by atoms with Gasteiger partial charge in [-0.1, -0.05) is 0 Å². The minimum atomic E-state index is -5.66. The Hall–Kier alpha value is -3.01.